The van der Waals surface area contributed by atoms with Crippen LogP contribution in [0.15, 0.2) is 17.1 Å². The molecular weight excluding hydrogens is 342 g/mol. The molecule has 12 heteroatoms. The number of ether oxygens (including phenoxy) is 1. The van der Waals surface area contributed by atoms with Gasteiger partial charge in [0.25, 0.3) is 0 Å². The molecule has 140 valence electrons. The number of nitrogens with two attached hydrogens (primary N) is 1. The summed E-state index contributed by atoms with van der Waals surface area (Å²) in [6.07, 6.45) is -3.86. The number of nitrogen functional groups attached to an aromatic ring is 1. The highest BCUT2D eigenvalue weighted by molar-refractivity contribution is 5.75. The fourth-order valence-electron chi connectivity index (χ4n) is 1.94. The first-order chi connectivity index (χ1) is 11.7. The highest BCUT2D eigenvalue weighted by Crippen LogP contribution is 2.27. The fraction of sp³-hybridized carbons (Fsp3) is 0.538. The summed E-state index contributed by atoms with van der Waals surface area (Å²) in [4.78, 5) is 34.3. The maximum absolute atomic E-state index is 11.5. The van der Waals surface area contributed by atoms with Crippen molar-refractivity contribution in [3.63, 3.8) is 0 Å². The van der Waals surface area contributed by atoms with E-state index in [4.69, 9.17) is 25.8 Å². The summed E-state index contributed by atoms with van der Waals surface area (Å²) < 4.78 is 6.19. The summed E-state index contributed by atoms with van der Waals surface area (Å²) in [6.45, 7) is -0.453. The number of aliphatic carboxylic acids is 2. The van der Waals surface area contributed by atoms with Gasteiger partial charge >= 0.3 is 17.6 Å². The lowest BCUT2D eigenvalue weighted by Crippen LogP contribution is -2.36. The number of carboxylic acids is 2. The number of anilines is 1. The van der Waals surface area contributed by atoms with Gasteiger partial charge in [0, 0.05) is 6.20 Å². The van der Waals surface area contributed by atoms with Gasteiger partial charge < -0.3 is 36.0 Å². The first-order valence-corrected chi connectivity index (χ1v) is 7.08. The number of aliphatic hydroxyl groups is 3. The normalized spacial score (nSPS) is 25.1. The van der Waals surface area contributed by atoms with E-state index in [0.29, 0.717) is 0 Å². The van der Waals surface area contributed by atoms with Crippen molar-refractivity contribution in [2.75, 3.05) is 12.3 Å². The third kappa shape index (κ3) is 5.79. The Balaban J connectivity index is 0.000000333. The summed E-state index contributed by atoms with van der Waals surface area (Å²) in [7, 11) is 0. The monoisotopic (exact) mass is 361 g/mol. The van der Waals surface area contributed by atoms with E-state index >= 15 is 0 Å². The Labute approximate surface area is 140 Å². The standard InChI is InChI=1S/C9H13N3O5.C4H6O4/c10-5-1-2-12(9(16)11-5)8-7(15)6(14)4(3-13)17-8;5-3(6)1-2-4(7)8/h1-2,4,6-8,13-15H,3H2,(H2,10,11,16);1-2H2,(H,5,6)(H,7,8)/t4-,6-,7-,8-;/m1./s1. The first-order valence-electron chi connectivity index (χ1n) is 7.08. The van der Waals surface area contributed by atoms with Crippen LogP contribution in [0.4, 0.5) is 5.82 Å². The molecule has 0 amide bonds. The largest absolute Gasteiger partial charge is 0.481 e. The Bertz CT molecular complexity index is 648. The van der Waals surface area contributed by atoms with Crippen LogP contribution in [-0.2, 0) is 14.3 Å². The van der Waals surface area contributed by atoms with Crippen molar-refractivity contribution in [2.24, 2.45) is 0 Å². The van der Waals surface area contributed by atoms with Crippen LogP contribution in [0, 0.1) is 0 Å². The van der Waals surface area contributed by atoms with Crippen molar-refractivity contribution in [3.8, 4) is 0 Å². The maximum atomic E-state index is 11.5. The number of nitrogens with zero attached hydrogens (tertiary/aromatic N) is 2. The lowest BCUT2D eigenvalue weighted by Gasteiger charge is -2.16. The summed E-state index contributed by atoms with van der Waals surface area (Å²) in [5.41, 5.74) is 4.63. The summed E-state index contributed by atoms with van der Waals surface area (Å²) in [5.74, 6) is -2.10. The second-order valence-corrected chi connectivity index (χ2v) is 5.06. The van der Waals surface area contributed by atoms with E-state index < -0.39 is 48.8 Å². The molecule has 1 fully saturated rings. The van der Waals surface area contributed by atoms with E-state index in [-0.39, 0.29) is 18.7 Å². The smallest absolute Gasteiger partial charge is 0.351 e. The molecule has 12 nitrogen and oxygen atoms in total. The lowest BCUT2D eigenvalue weighted by atomic mass is 10.1. The molecule has 0 aliphatic carbocycles. The number of hydrogen-bond acceptors (Lipinski definition) is 9. The SMILES string of the molecule is Nc1ccn([C@@H]2O[C@H](CO)[C@@H](O)[C@H]2O)c(=O)n1.O=C(O)CCC(=O)O. The third-order valence-electron chi connectivity index (χ3n) is 3.20. The Morgan fingerprint density at radius 1 is 1.20 bits per heavy atom. The van der Waals surface area contributed by atoms with E-state index in [1.165, 1.54) is 12.3 Å². The molecule has 1 aliphatic rings. The van der Waals surface area contributed by atoms with Crippen molar-refractivity contribution < 1.29 is 39.9 Å². The summed E-state index contributed by atoms with van der Waals surface area (Å²) in [5, 5.41) is 44.0. The highest BCUT2D eigenvalue weighted by Gasteiger charge is 2.43. The number of carbonyl (C=O) groups is 2. The molecule has 2 rings (SSSR count). The molecule has 0 bridgehead atoms. The van der Waals surface area contributed by atoms with E-state index in [9.17, 15) is 24.6 Å². The van der Waals surface area contributed by atoms with Crippen LogP contribution >= 0.6 is 0 Å². The zero-order valence-electron chi connectivity index (χ0n) is 12.9. The number of carboxylic acid groups (broad SMARTS) is 2. The Hall–Kier alpha value is -2.54. The molecule has 2 heterocycles. The minimum atomic E-state index is -1.31. The van der Waals surface area contributed by atoms with E-state index in [1.807, 2.05) is 0 Å². The molecule has 0 spiro atoms. The molecule has 4 atom stereocenters. The predicted octanol–water partition coefficient (Wildman–Crippen LogP) is -2.63. The number of rotatable bonds is 5. The van der Waals surface area contributed by atoms with Gasteiger partial charge in [-0.2, -0.15) is 4.98 Å². The van der Waals surface area contributed by atoms with E-state index in [1.54, 1.807) is 0 Å². The Kier molecular flexibility index (Phi) is 7.44. The quantitative estimate of drug-likeness (QED) is 0.320. The topological polar surface area (TPSA) is 205 Å². The van der Waals surface area contributed by atoms with Crippen molar-refractivity contribution in [2.45, 2.75) is 37.4 Å². The molecule has 1 saturated heterocycles. The number of hydrogen-bond donors (Lipinski definition) is 6. The Morgan fingerprint density at radius 3 is 2.16 bits per heavy atom. The van der Waals surface area contributed by atoms with Crippen molar-refractivity contribution in [1.29, 1.82) is 0 Å². The average Bonchev–Trinajstić information content (AvgIpc) is 2.81. The molecule has 1 aromatic heterocycles. The van der Waals surface area contributed by atoms with Gasteiger partial charge in [-0.1, -0.05) is 0 Å². The molecule has 7 N–H and O–H groups in total. The van der Waals surface area contributed by atoms with Gasteiger partial charge in [-0.05, 0) is 6.07 Å². The van der Waals surface area contributed by atoms with Crippen LogP contribution in [0.2, 0.25) is 0 Å². The van der Waals surface area contributed by atoms with Crippen LogP contribution in [0.25, 0.3) is 0 Å². The molecule has 0 aromatic carbocycles. The van der Waals surface area contributed by atoms with Gasteiger partial charge in [0.05, 0.1) is 19.4 Å². The minimum Gasteiger partial charge on any atom is -0.481 e. The predicted molar refractivity (Wildman–Crippen MR) is 80.4 cm³/mol. The molecule has 0 unspecified atom stereocenters. The van der Waals surface area contributed by atoms with E-state index in [2.05, 4.69) is 4.98 Å². The second-order valence-electron chi connectivity index (χ2n) is 5.06. The first kappa shape index (κ1) is 20.5. The van der Waals surface area contributed by atoms with Crippen LogP contribution in [0.1, 0.15) is 19.1 Å². The van der Waals surface area contributed by atoms with Crippen LogP contribution < -0.4 is 11.4 Å². The van der Waals surface area contributed by atoms with Crippen molar-refractivity contribution in [1.82, 2.24) is 9.55 Å². The molecule has 1 aliphatic heterocycles. The zero-order chi connectivity index (χ0) is 19.1. The summed E-state index contributed by atoms with van der Waals surface area (Å²) >= 11 is 0. The summed E-state index contributed by atoms with van der Waals surface area (Å²) in [6, 6.07) is 1.37. The van der Waals surface area contributed by atoms with Gasteiger partial charge in [-0.15, -0.1) is 0 Å². The van der Waals surface area contributed by atoms with Crippen LogP contribution in [0.3, 0.4) is 0 Å². The van der Waals surface area contributed by atoms with Gasteiger partial charge in [0.2, 0.25) is 0 Å². The molecule has 0 radical (unpaired) electrons. The van der Waals surface area contributed by atoms with Crippen LogP contribution in [-0.4, -0.2) is 71.9 Å². The van der Waals surface area contributed by atoms with Crippen molar-refractivity contribution >= 4 is 17.8 Å². The fourth-order valence-corrected chi connectivity index (χ4v) is 1.94. The van der Waals surface area contributed by atoms with E-state index in [0.717, 1.165) is 4.57 Å². The second kappa shape index (κ2) is 9.08. The number of aromatic nitrogens is 2. The molecule has 1 aromatic rings. The third-order valence-corrected chi connectivity index (χ3v) is 3.20. The lowest BCUT2D eigenvalue weighted by molar-refractivity contribution is -0.143. The van der Waals surface area contributed by atoms with Gasteiger partial charge in [0.1, 0.15) is 24.1 Å². The Morgan fingerprint density at radius 2 is 1.76 bits per heavy atom. The van der Waals surface area contributed by atoms with Gasteiger partial charge in [-0.25, -0.2) is 4.79 Å². The number of aliphatic hydroxyl groups excluding tert-OH is 3. The maximum Gasteiger partial charge on any atom is 0.351 e. The molecule has 0 saturated carbocycles. The highest BCUT2D eigenvalue weighted by atomic mass is 16.6. The van der Waals surface area contributed by atoms with Crippen LogP contribution in [0.5, 0.6) is 0 Å². The van der Waals surface area contributed by atoms with Crippen molar-refractivity contribution in [3.05, 3.63) is 22.7 Å². The molecular formula is C13H19N3O9. The minimum absolute atomic E-state index is 0.0537. The van der Waals surface area contributed by atoms with Gasteiger partial charge in [-0.3, -0.25) is 14.2 Å². The molecule has 25 heavy (non-hydrogen) atoms. The van der Waals surface area contributed by atoms with Gasteiger partial charge in [0.15, 0.2) is 6.23 Å². The average molecular weight is 361 g/mol. The zero-order valence-corrected chi connectivity index (χ0v) is 12.9.